The number of fused-ring (bicyclic) bond motifs is 4. The second kappa shape index (κ2) is 8.98. The maximum atomic E-state index is 12.5. The quantitative estimate of drug-likeness (QED) is 0.0910. The molecule has 8 nitrogen and oxygen atoms in total. The fourth-order valence-electron chi connectivity index (χ4n) is 4.85. The van der Waals surface area contributed by atoms with Gasteiger partial charge in [-0.15, -0.1) is 4.57 Å². The van der Waals surface area contributed by atoms with Crippen molar-refractivity contribution in [3.05, 3.63) is 97.1 Å². The standard InChI is InChI=1S/C29H22N4O4S/c1-37-25-16-18(30)15-23-29(25)32-28-21-13-8-14-26(38(34,35)36)27(21)22(31-19-9-4-2-5-10-19)17-24(28)33(23)20-11-6-3-7-12-20/h2-17H,1H3,(H3,30,31,34,35,36)/p+1. The molecule has 0 saturated carbocycles. The van der Waals surface area contributed by atoms with Crippen LogP contribution >= 0.6 is 0 Å². The molecule has 4 N–H and O–H groups in total. The van der Waals surface area contributed by atoms with E-state index in [1.807, 2.05) is 77.4 Å². The van der Waals surface area contributed by atoms with Gasteiger partial charge in [-0.25, -0.2) is 4.98 Å². The van der Waals surface area contributed by atoms with Crippen LogP contribution in [0.1, 0.15) is 0 Å². The Balaban J connectivity index is 1.86. The van der Waals surface area contributed by atoms with Crippen molar-refractivity contribution >= 4 is 60.0 Å². The Bertz CT molecular complexity index is 1960. The van der Waals surface area contributed by atoms with E-state index in [-0.39, 0.29) is 4.90 Å². The van der Waals surface area contributed by atoms with Gasteiger partial charge in [0.15, 0.2) is 11.3 Å². The summed E-state index contributed by atoms with van der Waals surface area (Å²) in [6.07, 6.45) is 0. The van der Waals surface area contributed by atoms with Crippen LogP contribution < -0.4 is 20.4 Å². The van der Waals surface area contributed by atoms with Crippen LogP contribution in [0.4, 0.5) is 17.1 Å². The molecule has 0 spiro atoms. The predicted molar refractivity (Wildman–Crippen MR) is 149 cm³/mol. The lowest BCUT2D eigenvalue weighted by Gasteiger charge is -2.15. The monoisotopic (exact) mass is 523 g/mol. The molecule has 0 bridgehead atoms. The summed E-state index contributed by atoms with van der Waals surface area (Å²) < 4.78 is 42.8. The molecule has 9 heteroatoms. The molecule has 0 fully saturated rings. The Morgan fingerprint density at radius 3 is 2.24 bits per heavy atom. The summed E-state index contributed by atoms with van der Waals surface area (Å²) in [6.45, 7) is 0. The van der Waals surface area contributed by atoms with E-state index in [0.717, 1.165) is 16.9 Å². The molecule has 38 heavy (non-hydrogen) atoms. The van der Waals surface area contributed by atoms with Gasteiger partial charge in [0.2, 0.25) is 16.7 Å². The second-order valence-corrected chi connectivity index (χ2v) is 10.2. The number of nitrogen functional groups attached to an aromatic ring is 1. The van der Waals surface area contributed by atoms with Crippen molar-refractivity contribution in [2.75, 3.05) is 18.2 Å². The number of anilines is 3. The zero-order chi connectivity index (χ0) is 26.4. The van der Waals surface area contributed by atoms with Crippen molar-refractivity contribution in [1.29, 1.82) is 0 Å². The minimum Gasteiger partial charge on any atom is -0.494 e. The normalized spacial score (nSPS) is 11.7. The van der Waals surface area contributed by atoms with Crippen LogP contribution in [0.2, 0.25) is 0 Å². The third kappa shape index (κ3) is 3.94. The zero-order valence-corrected chi connectivity index (χ0v) is 21.1. The van der Waals surface area contributed by atoms with Crippen LogP contribution in [-0.4, -0.2) is 25.1 Å². The predicted octanol–water partition coefficient (Wildman–Crippen LogP) is 5.40. The molecule has 0 aliphatic carbocycles. The van der Waals surface area contributed by atoms with Gasteiger partial charge in [-0.3, -0.25) is 4.55 Å². The largest absolute Gasteiger partial charge is 0.494 e. The first-order valence-electron chi connectivity index (χ1n) is 11.8. The van der Waals surface area contributed by atoms with Crippen LogP contribution in [-0.2, 0) is 10.1 Å². The minimum atomic E-state index is -4.55. The van der Waals surface area contributed by atoms with E-state index in [4.69, 9.17) is 15.5 Å². The third-order valence-electron chi connectivity index (χ3n) is 6.42. The van der Waals surface area contributed by atoms with E-state index in [0.29, 0.717) is 44.4 Å². The molecule has 1 aromatic heterocycles. The summed E-state index contributed by atoms with van der Waals surface area (Å²) in [5, 5.41) is 4.22. The highest BCUT2D eigenvalue weighted by Gasteiger charge is 2.27. The number of nitrogens with one attached hydrogen (secondary N) is 1. The van der Waals surface area contributed by atoms with Gasteiger partial charge in [-0.1, -0.05) is 48.5 Å². The number of aromatic nitrogens is 2. The van der Waals surface area contributed by atoms with Crippen molar-refractivity contribution in [2.45, 2.75) is 4.90 Å². The number of hydrogen-bond acceptors (Lipinski definition) is 6. The summed E-state index contributed by atoms with van der Waals surface area (Å²) in [4.78, 5) is 4.75. The van der Waals surface area contributed by atoms with Gasteiger partial charge in [0.05, 0.1) is 12.8 Å². The van der Waals surface area contributed by atoms with Crippen LogP contribution in [0.3, 0.4) is 0 Å². The molecule has 6 rings (SSSR count). The molecule has 0 aliphatic rings. The van der Waals surface area contributed by atoms with Crippen LogP contribution in [0, 0.1) is 0 Å². The molecule has 0 unspecified atom stereocenters. The lowest BCUT2D eigenvalue weighted by atomic mass is 10.0. The van der Waals surface area contributed by atoms with Crippen LogP contribution in [0.25, 0.3) is 38.5 Å². The van der Waals surface area contributed by atoms with Crippen molar-refractivity contribution in [3.63, 3.8) is 0 Å². The molecule has 188 valence electrons. The third-order valence-corrected chi connectivity index (χ3v) is 7.32. The topological polar surface area (TPSA) is 118 Å². The smallest absolute Gasteiger partial charge is 0.295 e. The van der Waals surface area contributed by atoms with Gasteiger partial charge in [-0.05, 0) is 18.2 Å². The lowest BCUT2D eigenvalue weighted by Crippen LogP contribution is -2.33. The first-order valence-corrected chi connectivity index (χ1v) is 13.2. The molecule has 0 radical (unpaired) electrons. The fraction of sp³-hybridized carbons (Fsp3) is 0.0345. The first kappa shape index (κ1) is 23.7. The van der Waals surface area contributed by atoms with E-state index in [1.165, 1.54) is 6.07 Å². The summed E-state index contributed by atoms with van der Waals surface area (Å²) in [7, 11) is -3.00. The number of rotatable bonds is 5. The van der Waals surface area contributed by atoms with Crippen molar-refractivity contribution < 1.29 is 22.3 Å². The van der Waals surface area contributed by atoms with Gasteiger partial charge in [-0.2, -0.15) is 8.42 Å². The molecular formula is C29H23N4O4S+. The van der Waals surface area contributed by atoms with E-state index in [2.05, 4.69) is 5.32 Å². The lowest BCUT2D eigenvalue weighted by molar-refractivity contribution is -0.538. The van der Waals surface area contributed by atoms with E-state index < -0.39 is 10.1 Å². The number of hydrogen-bond donors (Lipinski definition) is 3. The number of nitrogens with zero attached hydrogens (tertiary/aromatic N) is 2. The summed E-state index contributed by atoms with van der Waals surface area (Å²) in [6, 6.07) is 29.3. The van der Waals surface area contributed by atoms with Crippen molar-refractivity contribution in [3.8, 4) is 11.4 Å². The molecular weight excluding hydrogens is 500 g/mol. The Hall–Kier alpha value is -4.73. The Kier molecular flexibility index (Phi) is 5.59. The summed E-state index contributed by atoms with van der Waals surface area (Å²) in [5.74, 6) is 0.483. The van der Waals surface area contributed by atoms with Crippen molar-refractivity contribution in [1.82, 2.24) is 4.98 Å². The molecule has 0 aliphatic heterocycles. The Morgan fingerprint density at radius 1 is 0.868 bits per heavy atom. The van der Waals surface area contributed by atoms with E-state index >= 15 is 0 Å². The number of ether oxygens (including phenoxy) is 1. The summed E-state index contributed by atoms with van der Waals surface area (Å²) >= 11 is 0. The van der Waals surface area contributed by atoms with Gasteiger partial charge in [0.25, 0.3) is 10.1 Å². The van der Waals surface area contributed by atoms with Gasteiger partial charge < -0.3 is 15.8 Å². The highest BCUT2D eigenvalue weighted by atomic mass is 32.2. The number of para-hydroxylation sites is 2. The maximum absolute atomic E-state index is 12.5. The average Bonchev–Trinajstić information content (AvgIpc) is 2.92. The molecule has 0 amide bonds. The number of nitrogens with two attached hydrogens (primary N) is 1. The molecule has 0 saturated heterocycles. The highest BCUT2D eigenvalue weighted by Crippen LogP contribution is 2.38. The number of methoxy groups -OCH3 is 1. The molecule has 6 aromatic rings. The number of benzene rings is 5. The van der Waals surface area contributed by atoms with Gasteiger partial charge in [0.1, 0.15) is 10.4 Å². The van der Waals surface area contributed by atoms with Crippen LogP contribution in [0.15, 0.2) is 102 Å². The molecule has 5 aromatic carbocycles. The zero-order valence-electron chi connectivity index (χ0n) is 20.3. The minimum absolute atomic E-state index is 0.215. The first-order chi connectivity index (χ1) is 18.3. The Morgan fingerprint density at radius 2 is 1.55 bits per heavy atom. The average molecular weight is 524 g/mol. The van der Waals surface area contributed by atoms with Gasteiger partial charge in [0, 0.05) is 52.5 Å². The van der Waals surface area contributed by atoms with E-state index in [1.54, 1.807) is 25.3 Å². The fourth-order valence-corrected chi connectivity index (χ4v) is 5.58. The SMILES string of the molecule is COc1cc(N)cc2c1nc1c3cccc(S(=O)(=O)O)c3c(Nc3ccccc3)cc1[n+]2-c1ccccc1. The van der Waals surface area contributed by atoms with Gasteiger partial charge >= 0.3 is 0 Å². The highest BCUT2D eigenvalue weighted by molar-refractivity contribution is 7.86. The van der Waals surface area contributed by atoms with E-state index in [9.17, 15) is 13.0 Å². The second-order valence-electron chi connectivity index (χ2n) is 8.81. The van der Waals surface area contributed by atoms with Crippen molar-refractivity contribution in [2.24, 2.45) is 0 Å². The Labute approximate surface area is 218 Å². The summed E-state index contributed by atoms with van der Waals surface area (Å²) in [5.41, 5.74) is 11.4. The van der Waals surface area contributed by atoms with Crippen LogP contribution in [0.5, 0.6) is 5.75 Å². The maximum Gasteiger partial charge on any atom is 0.295 e. The molecule has 0 atom stereocenters. The molecule has 1 heterocycles.